The Kier molecular flexibility index (Phi) is 8.61. The molecule has 0 saturated carbocycles. The first-order valence-corrected chi connectivity index (χ1v) is 17.1. The van der Waals surface area contributed by atoms with Crippen LogP contribution in [0.3, 0.4) is 0 Å². The maximum Gasteiger partial charge on any atom is 0.352 e. The zero-order valence-corrected chi connectivity index (χ0v) is 27.7. The number of carbonyl (C=O) groups is 4. The molecule has 2 aromatic carbocycles. The minimum atomic E-state index is -1.83. The summed E-state index contributed by atoms with van der Waals surface area (Å²) < 4.78 is 1.91. The van der Waals surface area contributed by atoms with Gasteiger partial charge in [0.25, 0.3) is 11.8 Å². The van der Waals surface area contributed by atoms with Crippen LogP contribution >= 0.6 is 23.1 Å². The molecular formula is C33H26N7O9S2+. The lowest BCUT2D eigenvalue weighted by Crippen LogP contribution is -2.71. The van der Waals surface area contributed by atoms with Crippen molar-refractivity contribution in [3.05, 3.63) is 105 Å². The molecule has 3 aromatic heterocycles. The number of hydrogen-bond acceptors (Lipinski definition) is 12. The Morgan fingerprint density at radius 1 is 1.12 bits per heavy atom. The SMILES string of the molecule is Nc1nc(/C(=N/OC(C(=O)O)c2ccc(O)c3[nH]c(=O)ccc23)C(=O)N[C@@H]2C(=O)N3C(C(=O)O)=C(C[n+]4cccc5ccccc54)CS[C@@H]23)cs1. The first-order chi connectivity index (χ1) is 24.5. The predicted octanol–water partition coefficient (Wildman–Crippen LogP) is 1.70. The Labute approximate surface area is 294 Å². The van der Waals surface area contributed by atoms with Crippen molar-refractivity contribution in [2.45, 2.75) is 24.1 Å². The number of aromatic nitrogens is 3. The molecule has 18 heteroatoms. The number of oxime groups is 1. The molecule has 2 aliphatic rings. The third-order valence-electron chi connectivity index (χ3n) is 8.33. The Bertz CT molecular complexity index is 2400. The van der Waals surface area contributed by atoms with Gasteiger partial charge in [0.15, 0.2) is 23.6 Å². The van der Waals surface area contributed by atoms with Gasteiger partial charge < -0.3 is 36.2 Å². The fourth-order valence-electron chi connectivity index (χ4n) is 6.01. The van der Waals surface area contributed by atoms with Crippen molar-refractivity contribution in [1.82, 2.24) is 20.2 Å². The fourth-order valence-corrected chi connectivity index (χ4v) is 7.89. The van der Waals surface area contributed by atoms with E-state index >= 15 is 0 Å². The van der Waals surface area contributed by atoms with Gasteiger partial charge in [-0.05, 0) is 24.3 Å². The van der Waals surface area contributed by atoms with Crippen molar-refractivity contribution in [3.8, 4) is 5.75 Å². The summed E-state index contributed by atoms with van der Waals surface area (Å²) in [7, 11) is 0. The molecule has 1 saturated heterocycles. The van der Waals surface area contributed by atoms with Gasteiger partial charge in [0.1, 0.15) is 28.6 Å². The van der Waals surface area contributed by atoms with Crippen molar-refractivity contribution in [1.29, 1.82) is 0 Å². The van der Waals surface area contributed by atoms with Crippen LogP contribution in [-0.4, -0.2) is 76.8 Å². The van der Waals surface area contributed by atoms with Crippen molar-refractivity contribution < 1.29 is 43.9 Å². The van der Waals surface area contributed by atoms with Crippen LogP contribution in [0.5, 0.6) is 5.75 Å². The summed E-state index contributed by atoms with van der Waals surface area (Å²) in [6, 6.07) is 15.2. The number of thiazole rings is 1. The molecule has 0 spiro atoms. The number of β-lactam (4-membered cyclic amide) rings is 1. The second-order valence-electron chi connectivity index (χ2n) is 11.4. The first-order valence-electron chi connectivity index (χ1n) is 15.1. The monoisotopic (exact) mass is 728 g/mol. The van der Waals surface area contributed by atoms with Crippen LogP contribution in [0.15, 0.2) is 93.5 Å². The lowest BCUT2D eigenvalue weighted by Gasteiger charge is -2.49. The summed E-state index contributed by atoms with van der Waals surface area (Å²) in [5.74, 6) is -4.46. The number of pyridine rings is 2. The fraction of sp³-hybridized carbons (Fsp3) is 0.152. The van der Waals surface area contributed by atoms with E-state index in [2.05, 4.69) is 20.4 Å². The van der Waals surface area contributed by atoms with E-state index in [-0.39, 0.29) is 51.0 Å². The summed E-state index contributed by atoms with van der Waals surface area (Å²) in [5.41, 5.74) is 5.91. The number of aromatic hydroxyl groups is 1. The summed E-state index contributed by atoms with van der Waals surface area (Å²) in [4.78, 5) is 77.0. The largest absolute Gasteiger partial charge is 0.506 e. The average molecular weight is 729 g/mol. The van der Waals surface area contributed by atoms with Gasteiger partial charge in [-0.25, -0.2) is 14.6 Å². The summed E-state index contributed by atoms with van der Waals surface area (Å²) in [6.07, 6.45) is 0.00865. The minimum Gasteiger partial charge on any atom is -0.506 e. The molecule has 258 valence electrons. The van der Waals surface area contributed by atoms with Crippen LogP contribution in [0.25, 0.3) is 21.8 Å². The molecule has 0 aliphatic carbocycles. The molecule has 5 heterocycles. The number of aromatic amines is 1. The topological polar surface area (TPSA) is 241 Å². The van der Waals surface area contributed by atoms with Gasteiger partial charge >= 0.3 is 11.9 Å². The highest BCUT2D eigenvalue weighted by atomic mass is 32.2. The molecular weight excluding hydrogens is 703 g/mol. The number of nitrogen functional groups attached to an aromatic ring is 1. The first kappa shape index (κ1) is 33.2. The number of carbonyl (C=O) groups excluding carboxylic acids is 2. The maximum atomic E-state index is 13.7. The number of para-hydroxylation sites is 1. The van der Waals surface area contributed by atoms with E-state index in [0.717, 1.165) is 33.2 Å². The molecule has 16 nitrogen and oxygen atoms in total. The molecule has 2 aliphatic heterocycles. The maximum absolute atomic E-state index is 13.7. The van der Waals surface area contributed by atoms with Gasteiger partial charge in [0, 0.05) is 51.2 Å². The van der Waals surface area contributed by atoms with E-state index in [0.29, 0.717) is 5.57 Å². The number of nitrogens with zero attached hydrogens (tertiary/aromatic N) is 4. The van der Waals surface area contributed by atoms with Crippen molar-refractivity contribution in [2.24, 2.45) is 5.16 Å². The normalized spacial score (nSPS) is 17.9. The number of aliphatic carboxylic acids is 2. The number of nitrogens with one attached hydrogen (secondary N) is 2. The predicted molar refractivity (Wildman–Crippen MR) is 185 cm³/mol. The third kappa shape index (κ3) is 6.10. The second kappa shape index (κ2) is 13.2. The number of hydrogen-bond donors (Lipinski definition) is 6. The van der Waals surface area contributed by atoms with E-state index in [1.54, 1.807) is 0 Å². The number of fused-ring (bicyclic) bond motifs is 3. The highest BCUT2D eigenvalue weighted by Crippen LogP contribution is 2.40. The third-order valence-corrected chi connectivity index (χ3v) is 10.3. The zero-order valence-electron chi connectivity index (χ0n) is 26.0. The van der Waals surface area contributed by atoms with E-state index in [1.807, 2.05) is 47.2 Å². The molecule has 0 radical (unpaired) electrons. The summed E-state index contributed by atoms with van der Waals surface area (Å²) in [5, 5.41) is 38.8. The van der Waals surface area contributed by atoms with Crippen molar-refractivity contribution in [2.75, 3.05) is 11.5 Å². The van der Waals surface area contributed by atoms with Gasteiger partial charge in [-0.1, -0.05) is 23.4 Å². The highest BCUT2D eigenvalue weighted by molar-refractivity contribution is 8.00. The van der Waals surface area contributed by atoms with E-state index in [4.69, 9.17) is 10.6 Å². The Hall–Kier alpha value is -6.27. The standard InChI is InChI=1S/C33H25N7O9S2/c34-33-35-19(14-51-33)24(38-49-27(32(47)48)18-7-9-21(41)23-17(18)8-10-22(42)36-23)28(43)37-25-29(44)40-26(31(45)46)16(13-50-30(25)40)12-39-11-3-5-15-4-1-2-6-20(15)39/h1-11,14,25,27,30H,12-13H2,(H6-,34,35,36,37,38,41,42,43,45,46,47,48)/p+1/t25-,27?,30+/m1/s1. The number of H-pyrrole nitrogens is 1. The number of nitrogens with two attached hydrogens (primary N) is 1. The van der Waals surface area contributed by atoms with Crippen molar-refractivity contribution in [3.63, 3.8) is 0 Å². The number of benzene rings is 2. The van der Waals surface area contributed by atoms with E-state index in [1.165, 1.54) is 35.3 Å². The van der Waals surface area contributed by atoms with Gasteiger partial charge in [-0.2, -0.15) is 4.57 Å². The molecule has 1 fully saturated rings. The Morgan fingerprint density at radius 2 is 1.90 bits per heavy atom. The lowest BCUT2D eigenvalue weighted by molar-refractivity contribution is -0.663. The number of rotatable bonds is 10. The number of thioether (sulfide) groups is 1. The summed E-state index contributed by atoms with van der Waals surface area (Å²) >= 11 is 2.26. The van der Waals surface area contributed by atoms with Crippen LogP contribution in [0.4, 0.5) is 5.13 Å². The Morgan fingerprint density at radius 3 is 2.65 bits per heavy atom. The second-order valence-corrected chi connectivity index (χ2v) is 13.4. The average Bonchev–Trinajstić information content (AvgIpc) is 3.54. The van der Waals surface area contributed by atoms with E-state index < -0.39 is 52.5 Å². The Balaban J connectivity index is 1.15. The number of carboxylic acid groups (broad SMARTS) is 2. The smallest absolute Gasteiger partial charge is 0.352 e. The van der Waals surface area contributed by atoms with Crippen molar-refractivity contribution >= 4 is 79.5 Å². The number of phenols is 1. The number of amides is 2. The van der Waals surface area contributed by atoms with Gasteiger partial charge in [-0.3, -0.25) is 19.3 Å². The van der Waals surface area contributed by atoms with Crippen LogP contribution in [0.1, 0.15) is 17.4 Å². The quantitative estimate of drug-likeness (QED) is 0.0521. The molecule has 5 aromatic rings. The van der Waals surface area contributed by atoms with Gasteiger partial charge in [0.2, 0.25) is 17.2 Å². The molecule has 51 heavy (non-hydrogen) atoms. The minimum absolute atomic E-state index is 0.00160. The molecule has 0 bridgehead atoms. The zero-order chi connectivity index (χ0) is 36.0. The summed E-state index contributed by atoms with van der Waals surface area (Å²) in [6.45, 7) is 0.222. The van der Waals surface area contributed by atoms with Gasteiger partial charge in [-0.15, -0.1) is 23.1 Å². The number of phenolic OH excluding ortho intramolecular Hbond substituents is 1. The number of anilines is 1. The number of carboxylic acids is 2. The van der Waals surface area contributed by atoms with Gasteiger partial charge in [0.05, 0.1) is 5.52 Å². The van der Waals surface area contributed by atoms with Crippen LogP contribution < -0.4 is 21.2 Å². The molecule has 7 rings (SSSR count). The molecule has 1 unspecified atom stereocenters. The molecule has 3 atom stereocenters. The molecule has 2 amide bonds. The van der Waals surface area contributed by atoms with Crippen LogP contribution in [-0.2, 0) is 30.6 Å². The van der Waals surface area contributed by atoms with Crippen LogP contribution in [0.2, 0.25) is 0 Å². The lowest BCUT2D eigenvalue weighted by atomic mass is 10.0. The highest BCUT2D eigenvalue weighted by Gasteiger charge is 2.55. The van der Waals surface area contributed by atoms with E-state index in [9.17, 15) is 39.3 Å². The molecule has 7 N–H and O–H groups in total. The van der Waals surface area contributed by atoms with Crippen LogP contribution in [0, 0.1) is 0 Å².